The van der Waals surface area contributed by atoms with Gasteiger partial charge >= 0.3 is 0 Å². The van der Waals surface area contributed by atoms with Crippen LogP contribution in [0.3, 0.4) is 0 Å². The molecule has 25 heavy (non-hydrogen) atoms. The summed E-state index contributed by atoms with van der Waals surface area (Å²) in [6, 6.07) is 8.47. The zero-order chi connectivity index (χ0) is 18.0. The van der Waals surface area contributed by atoms with Crippen molar-refractivity contribution in [2.24, 2.45) is 5.92 Å². The quantitative estimate of drug-likeness (QED) is 0.846. The monoisotopic (exact) mass is 337 g/mol. The summed E-state index contributed by atoms with van der Waals surface area (Å²) >= 11 is 0. The zero-order valence-electron chi connectivity index (χ0n) is 15.6. The van der Waals surface area contributed by atoms with Crippen molar-refractivity contribution in [1.82, 2.24) is 14.9 Å². The lowest BCUT2D eigenvalue weighted by molar-refractivity contribution is -0.135. The van der Waals surface area contributed by atoms with Gasteiger partial charge in [0.05, 0.1) is 5.69 Å². The van der Waals surface area contributed by atoms with Crippen LogP contribution in [0.5, 0.6) is 0 Å². The summed E-state index contributed by atoms with van der Waals surface area (Å²) in [5.74, 6) is 1.35. The topological polar surface area (TPSA) is 46.1 Å². The van der Waals surface area contributed by atoms with E-state index in [1.807, 2.05) is 31.9 Å². The Kier molecular flexibility index (Phi) is 5.16. The number of carbonyl (C=O) groups is 1. The molecule has 1 aromatic carbocycles. The van der Waals surface area contributed by atoms with Crippen LogP contribution in [0.2, 0.25) is 0 Å². The van der Waals surface area contributed by atoms with Crippen LogP contribution in [0, 0.1) is 19.8 Å². The van der Waals surface area contributed by atoms with Crippen molar-refractivity contribution in [3.63, 3.8) is 0 Å². The minimum absolute atomic E-state index is 0.0436. The van der Waals surface area contributed by atoms with Crippen molar-refractivity contribution >= 4 is 5.91 Å². The molecular weight excluding hydrogens is 310 g/mol. The van der Waals surface area contributed by atoms with Gasteiger partial charge in [-0.15, -0.1) is 0 Å². The molecule has 0 spiro atoms. The number of piperidine rings is 1. The van der Waals surface area contributed by atoms with Crippen LogP contribution in [0.25, 0.3) is 11.1 Å². The number of carbonyl (C=O) groups excluding carboxylic acids is 1. The number of aryl methyl sites for hydroxylation is 2. The van der Waals surface area contributed by atoms with Crippen molar-refractivity contribution < 1.29 is 4.79 Å². The summed E-state index contributed by atoms with van der Waals surface area (Å²) in [6.45, 7) is 9.59. The molecule has 1 aromatic heterocycles. The van der Waals surface area contributed by atoms with Gasteiger partial charge in [0.15, 0.2) is 0 Å². The highest BCUT2D eigenvalue weighted by atomic mass is 16.2. The van der Waals surface area contributed by atoms with E-state index in [0.29, 0.717) is 0 Å². The number of nitrogens with zero attached hydrogens (tertiary/aromatic N) is 3. The Hall–Kier alpha value is -2.23. The predicted octanol–water partition coefficient (Wildman–Crippen LogP) is 4.12. The number of aromatic nitrogens is 2. The minimum Gasteiger partial charge on any atom is -0.342 e. The molecule has 1 amide bonds. The van der Waals surface area contributed by atoms with E-state index in [9.17, 15) is 4.79 Å². The molecule has 3 rings (SSSR count). The lowest BCUT2D eigenvalue weighted by atomic mass is 9.89. The van der Waals surface area contributed by atoms with E-state index in [4.69, 9.17) is 4.98 Å². The van der Waals surface area contributed by atoms with E-state index in [-0.39, 0.29) is 17.7 Å². The standard InChI is InChI=1S/C21H27N3O/c1-14(2)21(25)24-10-6-9-18(13-24)20-19(12-22-16(4)23-20)17-8-5-7-15(3)11-17/h5,7-8,11-12,14,18H,6,9-10,13H2,1-4H3. The van der Waals surface area contributed by atoms with E-state index in [1.165, 1.54) is 5.56 Å². The number of hydrogen-bond acceptors (Lipinski definition) is 3. The fourth-order valence-electron chi connectivity index (χ4n) is 3.60. The average Bonchev–Trinajstić information content (AvgIpc) is 2.61. The number of likely N-dealkylation sites (tertiary alicyclic amines) is 1. The highest BCUT2D eigenvalue weighted by Gasteiger charge is 2.28. The van der Waals surface area contributed by atoms with E-state index in [1.54, 1.807) is 0 Å². The molecular formula is C21H27N3O. The first-order valence-corrected chi connectivity index (χ1v) is 9.15. The maximum absolute atomic E-state index is 12.4. The van der Waals surface area contributed by atoms with Crippen molar-refractivity contribution in [3.8, 4) is 11.1 Å². The summed E-state index contributed by atoms with van der Waals surface area (Å²) in [4.78, 5) is 23.7. The van der Waals surface area contributed by atoms with Crippen molar-refractivity contribution in [2.45, 2.75) is 46.5 Å². The molecule has 132 valence electrons. The lowest BCUT2D eigenvalue weighted by Crippen LogP contribution is -2.41. The minimum atomic E-state index is 0.0436. The van der Waals surface area contributed by atoms with Crippen molar-refractivity contribution in [2.75, 3.05) is 13.1 Å². The molecule has 0 N–H and O–H groups in total. The molecule has 0 aliphatic carbocycles. The van der Waals surface area contributed by atoms with Crippen LogP contribution < -0.4 is 0 Å². The van der Waals surface area contributed by atoms with E-state index in [0.717, 1.165) is 48.6 Å². The van der Waals surface area contributed by atoms with Gasteiger partial charge < -0.3 is 4.90 Å². The molecule has 1 atom stereocenters. The summed E-state index contributed by atoms with van der Waals surface area (Å²) in [6.07, 6.45) is 4.03. The molecule has 1 aliphatic rings. The Morgan fingerprint density at radius 3 is 2.80 bits per heavy atom. The smallest absolute Gasteiger partial charge is 0.225 e. The largest absolute Gasteiger partial charge is 0.342 e. The number of hydrogen-bond donors (Lipinski definition) is 0. The zero-order valence-corrected chi connectivity index (χ0v) is 15.6. The van der Waals surface area contributed by atoms with Crippen LogP contribution >= 0.6 is 0 Å². The third-order valence-electron chi connectivity index (χ3n) is 4.88. The fraction of sp³-hybridized carbons (Fsp3) is 0.476. The first-order valence-electron chi connectivity index (χ1n) is 9.15. The van der Waals surface area contributed by atoms with Gasteiger partial charge in [-0.1, -0.05) is 43.7 Å². The second kappa shape index (κ2) is 7.34. The normalized spacial score (nSPS) is 17.8. The number of amides is 1. The van der Waals surface area contributed by atoms with Gasteiger partial charge in [0.25, 0.3) is 0 Å². The summed E-state index contributed by atoms with van der Waals surface area (Å²) < 4.78 is 0. The molecule has 1 fully saturated rings. The van der Waals surface area contributed by atoms with Crippen molar-refractivity contribution in [1.29, 1.82) is 0 Å². The molecule has 0 radical (unpaired) electrons. The van der Waals surface area contributed by atoms with Crippen molar-refractivity contribution in [3.05, 3.63) is 47.5 Å². The highest BCUT2D eigenvalue weighted by molar-refractivity contribution is 5.78. The third-order valence-corrected chi connectivity index (χ3v) is 4.88. The van der Waals surface area contributed by atoms with Gasteiger partial charge in [-0.25, -0.2) is 9.97 Å². The van der Waals surface area contributed by atoms with Gasteiger partial charge in [0.2, 0.25) is 5.91 Å². The first-order chi connectivity index (χ1) is 12.0. The lowest BCUT2D eigenvalue weighted by Gasteiger charge is -2.34. The Balaban J connectivity index is 1.96. The molecule has 4 nitrogen and oxygen atoms in total. The number of rotatable bonds is 3. The predicted molar refractivity (Wildman–Crippen MR) is 100 cm³/mol. The van der Waals surface area contributed by atoms with Crippen LogP contribution in [0.15, 0.2) is 30.5 Å². The van der Waals surface area contributed by atoms with Crippen LogP contribution in [0.1, 0.15) is 49.7 Å². The fourth-order valence-corrected chi connectivity index (χ4v) is 3.60. The van der Waals surface area contributed by atoms with Crippen LogP contribution in [-0.4, -0.2) is 33.9 Å². The molecule has 1 unspecified atom stereocenters. The molecule has 1 aliphatic heterocycles. The van der Waals surface area contributed by atoms with Gasteiger partial charge in [0.1, 0.15) is 5.82 Å². The van der Waals surface area contributed by atoms with Gasteiger partial charge in [-0.05, 0) is 32.3 Å². The van der Waals surface area contributed by atoms with Gasteiger partial charge in [0, 0.05) is 36.7 Å². The Morgan fingerprint density at radius 1 is 1.28 bits per heavy atom. The number of benzene rings is 1. The average molecular weight is 337 g/mol. The van der Waals surface area contributed by atoms with Gasteiger partial charge in [-0.3, -0.25) is 4.79 Å². The SMILES string of the molecule is Cc1cccc(-c2cnc(C)nc2C2CCCN(C(=O)C(C)C)C2)c1. The van der Waals surface area contributed by atoms with Crippen LogP contribution in [0.4, 0.5) is 0 Å². The third kappa shape index (κ3) is 3.89. The Labute approximate surface area is 150 Å². The second-order valence-corrected chi connectivity index (χ2v) is 7.36. The van der Waals surface area contributed by atoms with E-state index in [2.05, 4.69) is 36.2 Å². The summed E-state index contributed by atoms with van der Waals surface area (Å²) in [5.41, 5.74) is 4.56. The molecule has 0 bridgehead atoms. The summed E-state index contributed by atoms with van der Waals surface area (Å²) in [7, 11) is 0. The molecule has 0 saturated carbocycles. The molecule has 2 aromatic rings. The highest BCUT2D eigenvalue weighted by Crippen LogP contribution is 2.33. The van der Waals surface area contributed by atoms with E-state index < -0.39 is 0 Å². The second-order valence-electron chi connectivity index (χ2n) is 7.36. The molecule has 4 heteroatoms. The molecule has 1 saturated heterocycles. The Bertz CT molecular complexity index is 769. The first kappa shape index (κ1) is 17.6. The maximum atomic E-state index is 12.4. The maximum Gasteiger partial charge on any atom is 0.225 e. The van der Waals surface area contributed by atoms with Crippen LogP contribution in [-0.2, 0) is 4.79 Å². The Morgan fingerprint density at radius 2 is 2.08 bits per heavy atom. The van der Waals surface area contributed by atoms with Gasteiger partial charge in [-0.2, -0.15) is 0 Å². The molecule has 2 heterocycles. The summed E-state index contributed by atoms with van der Waals surface area (Å²) in [5, 5.41) is 0. The van der Waals surface area contributed by atoms with E-state index >= 15 is 0 Å².